The molecule has 68 heavy (non-hydrogen) atoms. The summed E-state index contributed by atoms with van der Waals surface area (Å²) in [6, 6.07) is 38.8. The van der Waals surface area contributed by atoms with Gasteiger partial charge in [-0.05, 0) is 146 Å². The van der Waals surface area contributed by atoms with Gasteiger partial charge in [0.15, 0.2) is 0 Å². The molecule has 0 spiro atoms. The molecule has 6 rings (SSSR count). The lowest BCUT2D eigenvalue weighted by Crippen LogP contribution is -2.10. The quantitative estimate of drug-likeness (QED) is 0.0223. The zero-order chi connectivity index (χ0) is 47.8. The fourth-order valence-corrected chi connectivity index (χ4v) is 6.78. The zero-order valence-corrected chi connectivity index (χ0v) is 38.7. The molecular weight excluding hydrogens is 861 g/mol. The number of benzene rings is 6. The molecule has 0 heterocycles. The summed E-state index contributed by atoms with van der Waals surface area (Å²) >= 11 is 0. The van der Waals surface area contributed by atoms with Gasteiger partial charge in [-0.15, -0.1) is 0 Å². The van der Waals surface area contributed by atoms with Gasteiger partial charge in [-0.2, -0.15) is 10.2 Å². The normalized spacial score (nSPS) is 10.9. The number of carbonyl (C=O) groups excluding carboxylic acids is 4. The first kappa shape index (κ1) is 49.8. The van der Waals surface area contributed by atoms with Crippen LogP contribution in [0.3, 0.4) is 0 Å². The van der Waals surface area contributed by atoms with Crippen molar-refractivity contribution in [3.05, 3.63) is 168 Å². The van der Waals surface area contributed by atoms with E-state index in [0.29, 0.717) is 47.2 Å². The van der Waals surface area contributed by atoms with Crippen LogP contribution in [0.25, 0.3) is 0 Å². The van der Waals surface area contributed by atoms with Gasteiger partial charge in [0.05, 0.1) is 46.8 Å². The lowest BCUT2D eigenvalue weighted by molar-refractivity contribution is 0.0720. The Kier molecular flexibility index (Phi) is 19.9. The van der Waals surface area contributed by atoms with Crippen molar-refractivity contribution in [2.75, 3.05) is 13.2 Å². The van der Waals surface area contributed by atoms with Gasteiger partial charge in [-0.3, -0.25) is 0 Å². The van der Waals surface area contributed by atoms with E-state index in [4.69, 9.17) is 28.4 Å². The van der Waals surface area contributed by atoms with Crippen molar-refractivity contribution < 1.29 is 47.6 Å². The van der Waals surface area contributed by atoms with Gasteiger partial charge in [-0.1, -0.05) is 84.1 Å². The Balaban J connectivity index is 0.896. The Hall–Kier alpha value is -7.60. The summed E-state index contributed by atoms with van der Waals surface area (Å²) < 4.78 is 33.6. The molecule has 6 aromatic rings. The summed E-state index contributed by atoms with van der Waals surface area (Å²) in [6.07, 6.45) is 14.6. The fraction of sp³-hybridized carbons (Fsp3) is 0.286. The molecule has 0 saturated carbocycles. The zero-order valence-electron chi connectivity index (χ0n) is 38.7. The summed E-state index contributed by atoms with van der Waals surface area (Å²) in [5, 5.41) is 8.50. The number of carbonyl (C=O) groups is 4. The van der Waals surface area contributed by atoms with Crippen LogP contribution in [-0.2, 0) is 0 Å². The maximum Gasteiger partial charge on any atom is 0.343 e. The number of nitrogens with zero attached hydrogens (tertiary/aromatic N) is 2. The smallest absolute Gasteiger partial charge is 0.343 e. The average Bonchev–Trinajstić information content (AvgIpc) is 3.36. The molecule has 352 valence electrons. The highest BCUT2D eigenvalue weighted by Crippen LogP contribution is 2.26. The molecule has 6 aromatic carbocycles. The summed E-state index contributed by atoms with van der Waals surface area (Å²) in [5.41, 5.74) is 2.18. The maximum atomic E-state index is 13.0. The van der Waals surface area contributed by atoms with Crippen molar-refractivity contribution in [3.63, 3.8) is 0 Å². The first-order chi connectivity index (χ1) is 33.3. The Morgan fingerprint density at radius 2 is 0.676 bits per heavy atom. The Morgan fingerprint density at radius 1 is 0.338 bits per heavy atom. The summed E-state index contributed by atoms with van der Waals surface area (Å²) in [4.78, 5) is 51.2. The molecule has 12 heteroatoms. The minimum atomic E-state index is -0.611. The largest absolute Gasteiger partial charge is 0.494 e. The van der Waals surface area contributed by atoms with Crippen LogP contribution in [0.1, 0.15) is 132 Å². The summed E-state index contributed by atoms with van der Waals surface area (Å²) in [6.45, 7) is 5.58. The van der Waals surface area contributed by atoms with Crippen LogP contribution in [0.2, 0.25) is 0 Å². The second-order valence-electron chi connectivity index (χ2n) is 16.1. The van der Waals surface area contributed by atoms with Crippen LogP contribution < -0.4 is 28.4 Å². The molecule has 0 aromatic heterocycles. The number of esters is 4. The molecule has 0 aliphatic rings. The highest BCUT2D eigenvalue weighted by molar-refractivity contribution is 5.94. The van der Waals surface area contributed by atoms with Crippen molar-refractivity contribution in [2.45, 2.75) is 90.9 Å². The Morgan fingerprint density at radius 3 is 1.10 bits per heavy atom. The van der Waals surface area contributed by atoms with Gasteiger partial charge in [0.1, 0.15) is 34.5 Å². The van der Waals surface area contributed by atoms with E-state index in [1.54, 1.807) is 97.1 Å². The highest BCUT2D eigenvalue weighted by atomic mass is 16.5. The highest BCUT2D eigenvalue weighted by Gasteiger charge is 2.15. The first-order valence-electron chi connectivity index (χ1n) is 23.4. The standard InChI is InChI=1S/C56H58N2O10/c1-3-5-7-8-9-10-11-12-13-14-39-64-48-30-20-42(21-31-48)54(60)66-50-34-24-44(25-35-50)56(62)68-52-17-15-16-46(40-52)58-57-45-26-36-51(37-27-45)67-55(61)43-22-32-49(33-23-43)65-53(59)41-18-28-47(29-19-41)63-38-6-4-2/h15-37,40H,3-14,38-39H2,1-2H3. The van der Waals surface area contributed by atoms with Gasteiger partial charge in [0.25, 0.3) is 0 Å². The third kappa shape index (κ3) is 16.7. The minimum absolute atomic E-state index is 0.254. The van der Waals surface area contributed by atoms with Crippen LogP contribution >= 0.6 is 0 Å². The maximum absolute atomic E-state index is 13.0. The van der Waals surface area contributed by atoms with Gasteiger partial charge in [-0.25, -0.2) is 19.2 Å². The molecule has 0 unspecified atom stereocenters. The monoisotopic (exact) mass is 918 g/mol. The van der Waals surface area contributed by atoms with Gasteiger partial charge < -0.3 is 28.4 Å². The van der Waals surface area contributed by atoms with Crippen molar-refractivity contribution in [1.82, 2.24) is 0 Å². The molecular formula is C56H58N2O10. The molecule has 0 radical (unpaired) electrons. The van der Waals surface area contributed by atoms with E-state index in [1.165, 1.54) is 99.9 Å². The minimum Gasteiger partial charge on any atom is -0.494 e. The third-order valence-electron chi connectivity index (χ3n) is 10.7. The molecule has 0 aliphatic heterocycles. The van der Waals surface area contributed by atoms with Crippen molar-refractivity contribution >= 4 is 35.3 Å². The van der Waals surface area contributed by atoms with E-state index >= 15 is 0 Å². The Labute approximate surface area is 398 Å². The van der Waals surface area contributed by atoms with E-state index in [-0.39, 0.29) is 34.1 Å². The molecule has 0 aliphatic carbocycles. The molecule has 0 atom stereocenters. The number of azo groups is 1. The molecule has 12 nitrogen and oxygen atoms in total. The number of hydrogen-bond donors (Lipinski definition) is 0. The topological polar surface area (TPSA) is 148 Å². The van der Waals surface area contributed by atoms with E-state index < -0.39 is 23.9 Å². The number of rotatable bonds is 26. The van der Waals surface area contributed by atoms with Crippen LogP contribution in [0.5, 0.6) is 34.5 Å². The molecule has 0 bridgehead atoms. The predicted molar refractivity (Wildman–Crippen MR) is 260 cm³/mol. The first-order valence-corrected chi connectivity index (χ1v) is 23.4. The van der Waals surface area contributed by atoms with Gasteiger partial charge in [0.2, 0.25) is 0 Å². The van der Waals surface area contributed by atoms with Crippen LogP contribution in [0, 0.1) is 0 Å². The molecule has 0 N–H and O–H groups in total. The summed E-state index contributed by atoms with van der Waals surface area (Å²) in [7, 11) is 0. The van der Waals surface area contributed by atoms with Gasteiger partial charge >= 0.3 is 23.9 Å². The SMILES string of the molecule is CCCCCCCCCCCCOc1ccc(C(=O)Oc2ccc(C(=O)Oc3cccc(N=Nc4ccc(OC(=O)c5ccc(OC(=O)c6ccc(OCCCC)cc6)cc5)cc4)c3)cc2)cc1. The second kappa shape index (κ2) is 27.1. The van der Waals surface area contributed by atoms with E-state index in [2.05, 4.69) is 24.1 Å². The number of unbranched alkanes of at least 4 members (excludes halogenated alkanes) is 10. The van der Waals surface area contributed by atoms with E-state index in [0.717, 1.165) is 25.7 Å². The third-order valence-corrected chi connectivity index (χ3v) is 10.7. The lowest BCUT2D eigenvalue weighted by Gasteiger charge is -2.08. The molecule has 0 fully saturated rings. The number of ether oxygens (including phenoxy) is 6. The van der Waals surface area contributed by atoms with Crippen LogP contribution in [-0.4, -0.2) is 37.1 Å². The van der Waals surface area contributed by atoms with E-state index in [9.17, 15) is 19.2 Å². The lowest BCUT2D eigenvalue weighted by atomic mass is 10.1. The van der Waals surface area contributed by atoms with E-state index in [1.807, 2.05) is 0 Å². The molecule has 0 saturated heterocycles. The van der Waals surface area contributed by atoms with Crippen molar-refractivity contribution in [3.8, 4) is 34.5 Å². The Bertz CT molecular complexity index is 2540. The fourth-order valence-electron chi connectivity index (χ4n) is 6.78. The summed E-state index contributed by atoms with van der Waals surface area (Å²) in [5.74, 6) is 0.215. The van der Waals surface area contributed by atoms with Gasteiger partial charge in [0, 0.05) is 6.07 Å². The van der Waals surface area contributed by atoms with Crippen LogP contribution in [0.4, 0.5) is 11.4 Å². The molecule has 0 amide bonds. The second-order valence-corrected chi connectivity index (χ2v) is 16.1. The average molecular weight is 919 g/mol. The number of hydrogen-bond acceptors (Lipinski definition) is 12. The van der Waals surface area contributed by atoms with Crippen molar-refractivity contribution in [2.24, 2.45) is 10.2 Å². The predicted octanol–water partition coefficient (Wildman–Crippen LogP) is 14.5. The van der Waals surface area contributed by atoms with Crippen LogP contribution in [0.15, 0.2) is 156 Å². The van der Waals surface area contributed by atoms with Crippen molar-refractivity contribution in [1.29, 1.82) is 0 Å².